The molecule has 0 N–H and O–H groups in total. The monoisotopic (exact) mass is 438 g/mol. The first-order valence-electron chi connectivity index (χ1n) is 10.6. The summed E-state index contributed by atoms with van der Waals surface area (Å²) < 4.78 is 11.4. The third kappa shape index (κ3) is 5.92. The summed E-state index contributed by atoms with van der Waals surface area (Å²) in [6.07, 6.45) is 2.64. The summed E-state index contributed by atoms with van der Waals surface area (Å²) in [5.74, 6) is -0.536. The summed E-state index contributed by atoms with van der Waals surface area (Å²) in [4.78, 5) is 24.8. The highest BCUT2D eigenvalue weighted by Crippen LogP contribution is 2.25. The highest BCUT2D eigenvalue weighted by Gasteiger charge is 2.27. The van der Waals surface area contributed by atoms with E-state index in [2.05, 4.69) is 26.2 Å². The zero-order chi connectivity index (χ0) is 21.7. The number of benzene rings is 2. The number of ether oxygens (including phenoxy) is 2. The summed E-state index contributed by atoms with van der Waals surface area (Å²) in [5.41, 5.74) is 1.20. The molecule has 1 fully saturated rings. The van der Waals surface area contributed by atoms with Gasteiger partial charge in [0.25, 0.3) is 0 Å². The molecule has 0 spiro atoms. The van der Waals surface area contributed by atoms with E-state index in [0.29, 0.717) is 11.1 Å². The fourth-order valence-corrected chi connectivity index (χ4v) is 5.25. The number of carbonyl (C=O) groups is 2. The van der Waals surface area contributed by atoms with Crippen molar-refractivity contribution in [2.45, 2.75) is 64.1 Å². The van der Waals surface area contributed by atoms with Crippen molar-refractivity contribution in [3.8, 4) is 0 Å². The summed E-state index contributed by atoms with van der Waals surface area (Å²) in [6.45, 7) is 8.91. The summed E-state index contributed by atoms with van der Waals surface area (Å²) in [7, 11) is -1.03. The van der Waals surface area contributed by atoms with Gasteiger partial charge >= 0.3 is 11.9 Å². The second-order valence-corrected chi connectivity index (χ2v) is 13.5. The molecular weight excluding hydrogens is 408 g/mol. The average molecular weight is 439 g/mol. The van der Waals surface area contributed by atoms with Gasteiger partial charge in [0.05, 0.1) is 28.7 Å². The van der Waals surface area contributed by atoms with E-state index in [-0.39, 0.29) is 24.1 Å². The minimum atomic E-state index is -0.515. The van der Waals surface area contributed by atoms with E-state index in [9.17, 15) is 9.59 Å². The van der Waals surface area contributed by atoms with Crippen LogP contribution < -0.4 is 10.4 Å². The van der Waals surface area contributed by atoms with Crippen molar-refractivity contribution >= 4 is 39.9 Å². The van der Waals surface area contributed by atoms with Crippen LogP contribution in [0.3, 0.4) is 0 Å². The van der Waals surface area contributed by atoms with Gasteiger partial charge in [0.2, 0.25) is 0 Å². The van der Waals surface area contributed by atoms with Crippen molar-refractivity contribution in [3.63, 3.8) is 0 Å². The van der Waals surface area contributed by atoms with Gasteiger partial charge in [-0.15, -0.1) is 0 Å². The van der Waals surface area contributed by atoms with Crippen LogP contribution in [-0.4, -0.2) is 41.7 Å². The van der Waals surface area contributed by atoms with Crippen LogP contribution in [0, 0.1) is 0 Å². The van der Waals surface area contributed by atoms with Gasteiger partial charge in [-0.2, -0.15) is 0 Å². The molecule has 0 heterocycles. The third-order valence-electron chi connectivity index (χ3n) is 5.56. The Morgan fingerprint density at radius 1 is 0.633 bits per heavy atom. The first-order valence-corrected chi connectivity index (χ1v) is 15.6. The van der Waals surface area contributed by atoms with Gasteiger partial charge < -0.3 is 9.47 Å². The van der Waals surface area contributed by atoms with E-state index in [1.165, 1.54) is 10.4 Å². The Kier molecular flexibility index (Phi) is 7.66. The van der Waals surface area contributed by atoms with Crippen LogP contribution in [0.4, 0.5) is 0 Å². The van der Waals surface area contributed by atoms with E-state index < -0.39 is 17.6 Å². The smallest absolute Gasteiger partial charge is 0.338 e. The molecule has 0 bridgehead atoms. The Morgan fingerprint density at radius 3 is 1.20 bits per heavy atom. The molecule has 0 aliphatic heterocycles. The molecular formula is C24H30O4Si2. The summed E-state index contributed by atoms with van der Waals surface area (Å²) in [5, 5.41) is 2.61. The zero-order valence-corrected chi connectivity index (χ0v) is 20.2. The number of rotatable bonds is 6. The van der Waals surface area contributed by atoms with Crippen LogP contribution in [0.25, 0.3) is 0 Å². The maximum Gasteiger partial charge on any atom is 0.338 e. The molecule has 1 aliphatic carbocycles. The quantitative estimate of drug-likeness (QED) is 0.506. The minimum absolute atomic E-state index is 0.113. The lowest BCUT2D eigenvalue weighted by Gasteiger charge is -2.28. The molecule has 1 aliphatic rings. The highest BCUT2D eigenvalue weighted by molar-refractivity contribution is 6.71. The van der Waals surface area contributed by atoms with Crippen LogP contribution in [0.2, 0.25) is 26.2 Å². The Morgan fingerprint density at radius 2 is 0.933 bits per heavy atom. The molecule has 4 nitrogen and oxygen atoms in total. The second kappa shape index (κ2) is 10.2. The Balaban J connectivity index is 1.46. The van der Waals surface area contributed by atoms with E-state index in [1.807, 2.05) is 48.5 Å². The Bertz CT molecular complexity index is 778. The fourth-order valence-electron chi connectivity index (χ4n) is 3.59. The molecule has 2 aromatic rings. The van der Waals surface area contributed by atoms with Crippen LogP contribution in [-0.2, 0) is 9.47 Å². The van der Waals surface area contributed by atoms with E-state index in [1.54, 1.807) is 0 Å². The number of esters is 2. The van der Waals surface area contributed by atoms with Crippen LogP contribution in [0.1, 0.15) is 46.4 Å². The normalized spacial score (nSPS) is 19.0. The molecule has 0 unspecified atom stereocenters. The first-order chi connectivity index (χ1) is 14.3. The maximum atomic E-state index is 12.4. The van der Waals surface area contributed by atoms with Crippen molar-refractivity contribution in [1.82, 2.24) is 0 Å². The number of hydrogen-bond acceptors (Lipinski definition) is 4. The molecule has 3 rings (SSSR count). The van der Waals surface area contributed by atoms with Crippen molar-refractivity contribution in [2.24, 2.45) is 0 Å². The average Bonchev–Trinajstić information content (AvgIpc) is 2.75. The molecule has 2 aromatic carbocycles. The Labute approximate surface area is 182 Å². The van der Waals surface area contributed by atoms with Gasteiger partial charge in [-0.3, -0.25) is 0 Å². The lowest BCUT2D eigenvalue weighted by molar-refractivity contribution is -0.0108. The number of carbonyl (C=O) groups excluding carboxylic acids is 2. The molecule has 2 radical (unpaired) electrons. The van der Waals surface area contributed by atoms with E-state index in [0.717, 1.165) is 25.7 Å². The molecule has 0 atom stereocenters. The fraction of sp³-hybridized carbons (Fsp3) is 0.417. The molecule has 1 saturated carbocycles. The first kappa shape index (κ1) is 22.5. The molecule has 0 amide bonds. The Hall–Kier alpha value is -2.19. The highest BCUT2D eigenvalue weighted by atomic mass is 28.3. The van der Waals surface area contributed by atoms with Crippen LogP contribution >= 0.6 is 0 Å². The SMILES string of the molecule is C[Si](C)c1ccc(C(=O)OC2CCC(OC(=O)c3ccc([Si](C)C)cc3)CC2)cc1. The standard InChI is InChI=1S/C24H30O4Si2/c1-29(2)21-13-5-17(6-14-21)23(25)27-19-9-11-20(12-10-19)28-24(26)18-7-15-22(16-8-18)30(3)4/h5-8,13-16,19-20H,9-12H2,1-4H3. The lowest BCUT2D eigenvalue weighted by atomic mass is 9.95. The van der Waals surface area contributed by atoms with Crippen LogP contribution in [0.15, 0.2) is 48.5 Å². The zero-order valence-electron chi connectivity index (χ0n) is 18.2. The molecule has 6 heteroatoms. The molecule has 0 saturated heterocycles. The van der Waals surface area contributed by atoms with Crippen molar-refractivity contribution in [3.05, 3.63) is 59.7 Å². The van der Waals surface area contributed by atoms with Gasteiger partial charge in [0, 0.05) is 0 Å². The summed E-state index contributed by atoms with van der Waals surface area (Å²) >= 11 is 0. The maximum absolute atomic E-state index is 12.4. The van der Waals surface area contributed by atoms with Gasteiger partial charge in [-0.25, -0.2) is 9.59 Å². The molecule has 0 aromatic heterocycles. The van der Waals surface area contributed by atoms with Gasteiger partial charge in [-0.1, -0.05) is 60.8 Å². The second-order valence-electron chi connectivity index (χ2n) is 8.36. The predicted molar refractivity (Wildman–Crippen MR) is 124 cm³/mol. The van der Waals surface area contributed by atoms with E-state index in [4.69, 9.17) is 9.47 Å². The van der Waals surface area contributed by atoms with Crippen molar-refractivity contribution in [2.75, 3.05) is 0 Å². The topological polar surface area (TPSA) is 52.6 Å². The molecule has 158 valence electrons. The predicted octanol–water partition coefficient (Wildman–Crippen LogP) is 3.93. The minimum Gasteiger partial charge on any atom is -0.459 e. The van der Waals surface area contributed by atoms with Gasteiger partial charge in [0.1, 0.15) is 12.2 Å². The van der Waals surface area contributed by atoms with Gasteiger partial charge in [-0.05, 0) is 49.9 Å². The largest absolute Gasteiger partial charge is 0.459 e. The van der Waals surface area contributed by atoms with Crippen molar-refractivity contribution in [1.29, 1.82) is 0 Å². The molecule has 30 heavy (non-hydrogen) atoms. The lowest BCUT2D eigenvalue weighted by Crippen LogP contribution is -2.30. The third-order valence-corrected chi connectivity index (χ3v) is 8.54. The number of hydrogen-bond donors (Lipinski definition) is 0. The summed E-state index contributed by atoms with van der Waals surface area (Å²) in [6, 6.07) is 15.5. The van der Waals surface area contributed by atoms with E-state index >= 15 is 0 Å². The van der Waals surface area contributed by atoms with Crippen LogP contribution in [0.5, 0.6) is 0 Å². The van der Waals surface area contributed by atoms with Gasteiger partial charge in [0.15, 0.2) is 0 Å². The van der Waals surface area contributed by atoms with Crippen molar-refractivity contribution < 1.29 is 19.1 Å².